The fourth-order valence-electron chi connectivity index (χ4n) is 2.02. The van der Waals surface area contributed by atoms with Crippen LogP contribution in [0.2, 0.25) is 0 Å². The molecule has 0 N–H and O–H groups in total. The monoisotopic (exact) mass is 280 g/mol. The van der Waals surface area contributed by atoms with Gasteiger partial charge in [-0.2, -0.15) is 0 Å². The zero-order chi connectivity index (χ0) is 14.5. The summed E-state index contributed by atoms with van der Waals surface area (Å²) in [5.74, 6) is 1.12. The van der Waals surface area contributed by atoms with E-state index in [-0.39, 0.29) is 4.75 Å². The minimum Gasteiger partial charge on any atom is -0.357 e. The summed E-state index contributed by atoms with van der Waals surface area (Å²) in [7, 11) is 0. The first-order chi connectivity index (χ1) is 8.87. The fourth-order valence-corrected chi connectivity index (χ4v) is 3.00. The summed E-state index contributed by atoms with van der Waals surface area (Å²) < 4.78 is 0.237. The summed E-state index contributed by atoms with van der Waals surface area (Å²) in [6, 6.07) is 2.24. The van der Waals surface area contributed by atoms with E-state index in [1.54, 1.807) is 0 Å². The highest BCUT2D eigenvalue weighted by atomic mass is 32.2. The van der Waals surface area contributed by atoms with Crippen LogP contribution in [0.5, 0.6) is 0 Å². The Kier molecular flexibility index (Phi) is 6.18. The molecule has 0 aliphatic heterocycles. The van der Waals surface area contributed by atoms with Gasteiger partial charge in [0.15, 0.2) is 0 Å². The average Bonchev–Trinajstić information content (AvgIpc) is 2.30. The number of pyridine rings is 1. The number of aryl methyl sites for hydroxylation is 1. The maximum atomic E-state index is 4.67. The molecule has 1 rings (SSSR count). The molecule has 0 saturated heterocycles. The lowest BCUT2D eigenvalue weighted by molar-refractivity contribution is 0.732. The maximum absolute atomic E-state index is 4.67. The normalized spacial score (nSPS) is 11.7. The highest BCUT2D eigenvalue weighted by molar-refractivity contribution is 8.00. The van der Waals surface area contributed by atoms with Crippen LogP contribution in [0.25, 0.3) is 0 Å². The molecule has 1 aromatic heterocycles. The van der Waals surface area contributed by atoms with Crippen molar-refractivity contribution in [2.24, 2.45) is 0 Å². The summed E-state index contributed by atoms with van der Waals surface area (Å²) >= 11 is 1.89. The van der Waals surface area contributed by atoms with E-state index in [0.717, 1.165) is 18.9 Å². The van der Waals surface area contributed by atoms with Crippen molar-refractivity contribution < 1.29 is 0 Å². The molecule has 0 bridgehead atoms. The van der Waals surface area contributed by atoms with Gasteiger partial charge in [0, 0.05) is 28.9 Å². The van der Waals surface area contributed by atoms with Gasteiger partial charge in [-0.25, -0.2) is 4.98 Å². The number of aromatic nitrogens is 1. The maximum Gasteiger partial charge on any atom is 0.128 e. The van der Waals surface area contributed by atoms with Crippen LogP contribution in [-0.4, -0.2) is 22.8 Å². The molecule has 0 amide bonds. The number of rotatable bonds is 6. The second-order valence-corrected chi connectivity index (χ2v) is 7.88. The lowest BCUT2D eigenvalue weighted by atomic mass is 10.2. The largest absolute Gasteiger partial charge is 0.357 e. The van der Waals surface area contributed by atoms with Crippen molar-refractivity contribution >= 4 is 17.6 Å². The molecule has 3 heteroatoms. The van der Waals surface area contributed by atoms with Crippen LogP contribution in [0.3, 0.4) is 0 Å². The topological polar surface area (TPSA) is 16.1 Å². The molecule has 0 aliphatic rings. The van der Waals surface area contributed by atoms with Gasteiger partial charge in [0.25, 0.3) is 0 Å². The van der Waals surface area contributed by atoms with Gasteiger partial charge in [0.1, 0.15) is 5.82 Å². The quantitative estimate of drug-likeness (QED) is 0.689. The van der Waals surface area contributed by atoms with Crippen LogP contribution in [0, 0.1) is 6.92 Å². The van der Waals surface area contributed by atoms with Crippen LogP contribution < -0.4 is 4.90 Å². The molecule has 19 heavy (non-hydrogen) atoms. The molecule has 0 aliphatic carbocycles. The SMILES string of the molecule is CCCN(CCC)c1cc(C)c(SC(C)(C)C)cn1. The minimum atomic E-state index is 0.237. The van der Waals surface area contributed by atoms with Crippen LogP contribution in [0.15, 0.2) is 17.2 Å². The molecule has 0 spiro atoms. The van der Waals surface area contributed by atoms with Gasteiger partial charge in [-0.3, -0.25) is 0 Å². The highest BCUT2D eigenvalue weighted by Crippen LogP contribution is 2.34. The van der Waals surface area contributed by atoms with Crippen molar-refractivity contribution in [1.82, 2.24) is 4.98 Å². The predicted molar refractivity (Wildman–Crippen MR) is 87.4 cm³/mol. The number of hydrogen-bond acceptors (Lipinski definition) is 3. The van der Waals surface area contributed by atoms with Crippen molar-refractivity contribution in [3.8, 4) is 0 Å². The van der Waals surface area contributed by atoms with Crippen LogP contribution in [-0.2, 0) is 0 Å². The molecule has 0 unspecified atom stereocenters. The molecule has 0 fully saturated rings. The van der Waals surface area contributed by atoms with Gasteiger partial charge >= 0.3 is 0 Å². The second-order valence-electron chi connectivity index (χ2n) is 6.01. The Balaban J connectivity index is 2.90. The minimum absolute atomic E-state index is 0.237. The Labute approximate surface area is 123 Å². The number of thioether (sulfide) groups is 1. The van der Waals surface area contributed by atoms with E-state index in [2.05, 4.69) is 57.5 Å². The zero-order valence-electron chi connectivity index (χ0n) is 13.3. The third-order valence-corrected chi connectivity index (χ3v) is 4.04. The van der Waals surface area contributed by atoms with Crippen LogP contribution >= 0.6 is 11.8 Å². The van der Waals surface area contributed by atoms with Gasteiger partial charge in [-0.15, -0.1) is 11.8 Å². The molecule has 0 aromatic carbocycles. The Morgan fingerprint density at radius 1 is 1.16 bits per heavy atom. The first-order valence-electron chi connectivity index (χ1n) is 7.28. The Hall–Kier alpha value is -0.700. The Bertz CT molecular complexity index is 390. The lowest BCUT2D eigenvalue weighted by Gasteiger charge is -2.24. The van der Waals surface area contributed by atoms with E-state index in [1.807, 2.05) is 18.0 Å². The molecular weight excluding hydrogens is 252 g/mol. The van der Waals surface area contributed by atoms with E-state index in [0.29, 0.717) is 0 Å². The van der Waals surface area contributed by atoms with Gasteiger partial charge in [-0.05, 0) is 31.4 Å². The van der Waals surface area contributed by atoms with E-state index in [4.69, 9.17) is 0 Å². The molecule has 1 aromatic rings. The first kappa shape index (κ1) is 16.4. The second kappa shape index (κ2) is 7.18. The molecular formula is C16H28N2S. The molecule has 0 saturated carbocycles. The van der Waals surface area contributed by atoms with E-state index in [9.17, 15) is 0 Å². The van der Waals surface area contributed by atoms with Crippen molar-refractivity contribution in [3.63, 3.8) is 0 Å². The van der Waals surface area contributed by atoms with E-state index >= 15 is 0 Å². The molecule has 108 valence electrons. The summed E-state index contributed by atoms with van der Waals surface area (Å²) in [6.07, 6.45) is 4.37. The highest BCUT2D eigenvalue weighted by Gasteiger charge is 2.15. The van der Waals surface area contributed by atoms with Gasteiger partial charge in [-0.1, -0.05) is 34.6 Å². The van der Waals surface area contributed by atoms with Gasteiger partial charge in [0.05, 0.1) is 0 Å². The van der Waals surface area contributed by atoms with Crippen LogP contribution in [0.1, 0.15) is 53.0 Å². The van der Waals surface area contributed by atoms with Crippen molar-refractivity contribution in [2.75, 3.05) is 18.0 Å². The van der Waals surface area contributed by atoms with Crippen LogP contribution in [0.4, 0.5) is 5.82 Å². The standard InChI is InChI=1S/C16H28N2S/c1-7-9-18(10-8-2)15-11-13(3)14(12-17-15)19-16(4,5)6/h11-12H,7-10H2,1-6H3. The fraction of sp³-hybridized carbons (Fsp3) is 0.688. The van der Waals surface area contributed by atoms with Gasteiger partial charge in [0.2, 0.25) is 0 Å². The van der Waals surface area contributed by atoms with Crippen molar-refractivity contribution in [2.45, 2.75) is 64.0 Å². The van der Waals surface area contributed by atoms with Gasteiger partial charge < -0.3 is 4.90 Å². The lowest BCUT2D eigenvalue weighted by Crippen LogP contribution is -2.25. The summed E-state index contributed by atoms with van der Waals surface area (Å²) in [4.78, 5) is 8.35. The Morgan fingerprint density at radius 2 is 1.74 bits per heavy atom. The smallest absolute Gasteiger partial charge is 0.128 e. The first-order valence-corrected chi connectivity index (χ1v) is 8.09. The summed E-state index contributed by atoms with van der Waals surface area (Å²) in [6.45, 7) is 15.5. The average molecular weight is 280 g/mol. The summed E-state index contributed by atoms with van der Waals surface area (Å²) in [5.41, 5.74) is 1.34. The third kappa shape index (κ3) is 5.43. The Morgan fingerprint density at radius 3 is 2.16 bits per heavy atom. The van der Waals surface area contributed by atoms with Crippen molar-refractivity contribution in [3.05, 3.63) is 17.8 Å². The molecule has 2 nitrogen and oxygen atoms in total. The molecule has 0 radical (unpaired) electrons. The molecule has 0 atom stereocenters. The number of nitrogens with zero attached hydrogens (tertiary/aromatic N) is 2. The van der Waals surface area contributed by atoms with Crippen molar-refractivity contribution in [1.29, 1.82) is 0 Å². The predicted octanol–water partition coefficient (Wildman–Crippen LogP) is 4.91. The van der Waals surface area contributed by atoms with E-state index < -0.39 is 0 Å². The van der Waals surface area contributed by atoms with E-state index in [1.165, 1.54) is 23.3 Å². The zero-order valence-corrected chi connectivity index (χ0v) is 14.1. The summed E-state index contributed by atoms with van der Waals surface area (Å²) in [5, 5.41) is 0. The third-order valence-electron chi connectivity index (χ3n) is 2.78. The number of hydrogen-bond donors (Lipinski definition) is 0. The molecule has 1 heterocycles. The number of anilines is 1.